The standard InChI is InChI=1S/C17H18N4O2/c1-19-15-8-14(23-2)4-3-12(15)7-16(19)17(22)20-5-6-21-11-18-9-13(21)10-20/h3-4,7-9,11H,5-6,10H2,1-2H3. The summed E-state index contributed by atoms with van der Waals surface area (Å²) in [6.45, 7) is 2.09. The van der Waals surface area contributed by atoms with Crippen molar-refractivity contribution in [3.8, 4) is 5.75 Å². The van der Waals surface area contributed by atoms with Crippen molar-refractivity contribution in [3.05, 3.63) is 48.2 Å². The fraction of sp³-hybridized carbons (Fsp3) is 0.294. The van der Waals surface area contributed by atoms with Gasteiger partial charge in [-0.15, -0.1) is 0 Å². The average Bonchev–Trinajstić information content (AvgIpc) is 3.18. The number of imidazole rings is 1. The van der Waals surface area contributed by atoms with Crippen LogP contribution in [0.1, 0.15) is 16.2 Å². The zero-order valence-corrected chi connectivity index (χ0v) is 13.2. The Kier molecular flexibility index (Phi) is 3.11. The van der Waals surface area contributed by atoms with Crippen LogP contribution in [0.2, 0.25) is 0 Å². The lowest BCUT2D eigenvalue weighted by Crippen LogP contribution is -2.38. The molecule has 0 aliphatic carbocycles. The fourth-order valence-electron chi connectivity index (χ4n) is 3.16. The molecule has 3 aromatic rings. The quantitative estimate of drug-likeness (QED) is 0.728. The summed E-state index contributed by atoms with van der Waals surface area (Å²) in [7, 11) is 3.57. The Morgan fingerprint density at radius 2 is 2.13 bits per heavy atom. The van der Waals surface area contributed by atoms with Crippen LogP contribution >= 0.6 is 0 Å². The molecule has 1 aromatic carbocycles. The van der Waals surface area contributed by atoms with E-state index >= 15 is 0 Å². The predicted molar refractivity (Wildman–Crippen MR) is 86.4 cm³/mol. The highest BCUT2D eigenvalue weighted by molar-refractivity contribution is 5.99. The zero-order chi connectivity index (χ0) is 16.0. The van der Waals surface area contributed by atoms with Crippen molar-refractivity contribution in [1.29, 1.82) is 0 Å². The predicted octanol–water partition coefficient (Wildman–Crippen LogP) is 2.04. The Bertz CT molecular complexity index is 893. The van der Waals surface area contributed by atoms with E-state index in [0.29, 0.717) is 18.8 Å². The number of nitrogens with zero attached hydrogens (tertiary/aromatic N) is 4. The van der Waals surface area contributed by atoms with E-state index in [1.54, 1.807) is 7.11 Å². The third-order valence-electron chi connectivity index (χ3n) is 4.52. The minimum Gasteiger partial charge on any atom is -0.497 e. The van der Waals surface area contributed by atoms with Crippen molar-refractivity contribution in [1.82, 2.24) is 19.0 Å². The molecule has 0 bridgehead atoms. The van der Waals surface area contributed by atoms with Crippen molar-refractivity contribution < 1.29 is 9.53 Å². The highest BCUT2D eigenvalue weighted by Gasteiger charge is 2.24. The van der Waals surface area contributed by atoms with Crippen molar-refractivity contribution in [3.63, 3.8) is 0 Å². The lowest BCUT2D eigenvalue weighted by atomic mass is 10.2. The van der Waals surface area contributed by atoms with Crippen LogP contribution in [0.25, 0.3) is 10.9 Å². The molecule has 0 saturated heterocycles. The molecule has 0 saturated carbocycles. The van der Waals surface area contributed by atoms with Gasteiger partial charge in [-0.25, -0.2) is 4.98 Å². The maximum atomic E-state index is 12.9. The number of benzene rings is 1. The molecule has 118 valence electrons. The maximum absolute atomic E-state index is 12.9. The first kappa shape index (κ1) is 13.9. The first-order valence-electron chi connectivity index (χ1n) is 7.59. The lowest BCUT2D eigenvalue weighted by Gasteiger charge is -2.28. The van der Waals surface area contributed by atoms with Gasteiger partial charge < -0.3 is 18.8 Å². The zero-order valence-electron chi connectivity index (χ0n) is 13.2. The van der Waals surface area contributed by atoms with Gasteiger partial charge >= 0.3 is 0 Å². The number of hydrogen-bond donors (Lipinski definition) is 0. The van der Waals surface area contributed by atoms with Crippen molar-refractivity contribution >= 4 is 16.8 Å². The van der Waals surface area contributed by atoms with E-state index in [4.69, 9.17) is 4.74 Å². The molecule has 0 radical (unpaired) electrons. The average molecular weight is 310 g/mol. The number of carbonyl (C=O) groups excluding carboxylic acids is 1. The molecule has 23 heavy (non-hydrogen) atoms. The summed E-state index contributed by atoms with van der Waals surface area (Å²) >= 11 is 0. The molecule has 1 amide bonds. The minimum absolute atomic E-state index is 0.0510. The molecule has 0 N–H and O–H groups in total. The number of fused-ring (bicyclic) bond motifs is 2. The van der Waals surface area contributed by atoms with Gasteiger partial charge in [-0.1, -0.05) is 0 Å². The minimum atomic E-state index is 0.0510. The molecule has 0 fully saturated rings. The number of amides is 1. The van der Waals surface area contributed by atoms with Gasteiger partial charge in [-0.2, -0.15) is 0 Å². The Morgan fingerprint density at radius 1 is 1.26 bits per heavy atom. The van der Waals surface area contributed by atoms with Gasteiger partial charge in [0.2, 0.25) is 0 Å². The largest absolute Gasteiger partial charge is 0.497 e. The number of methoxy groups -OCH3 is 1. The maximum Gasteiger partial charge on any atom is 0.270 e. The fourth-order valence-corrected chi connectivity index (χ4v) is 3.16. The van der Waals surface area contributed by atoms with E-state index in [1.807, 2.05) is 53.3 Å². The van der Waals surface area contributed by atoms with E-state index in [9.17, 15) is 4.79 Å². The number of carbonyl (C=O) groups is 1. The molecule has 4 rings (SSSR count). The van der Waals surface area contributed by atoms with Crippen molar-refractivity contribution in [2.75, 3.05) is 13.7 Å². The van der Waals surface area contributed by atoms with Gasteiger partial charge in [0.05, 0.1) is 31.2 Å². The molecule has 3 heterocycles. The number of aromatic nitrogens is 3. The molecule has 6 heteroatoms. The Balaban J connectivity index is 1.69. The third-order valence-corrected chi connectivity index (χ3v) is 4.52. The lowest BCUT2D eigenvalue weighted by molar-refractivity contribution is 0.0702. The third kappa shape index (κ3) is 2.18. The summed E-state index contributed by atoms with van der Waals surface area (Å²) in [5.41, 5.74) is 2.76. The van der Waals surface area contributed by atoms with Crippen LogP contribution < -0.4 is 4.74 Å². The number of rotatable bonds is 2. The normalized spacial score (nSPS) is 14.1. The molecule has 1 aliphatic rings. The van der Waals surface area contributed by atoms with Crippen LogP contribution in [0.3, 0.4) is 0 Å². The number of ether oxygens (including phenoxy) is 1. The Morgan fingerprint density at radius 3 is 2.96 bits per heavy atom. The second-order valence-electron chi connectivity index (χ2n) is 5.82. The van der Waals surface area contributed by atoms with Crippen LogP contribution in [0.15, 0.2) is 36.8 Å². The van der Waals surface area contributed by atoms with E-state index in [1.165, 1.54) is 0 Å². The van der Waals surface area contributed by atoms with Crippen LogP contribution in [0, 0.1) is 0 Å². The molecule has 6 nitrogen and oxygen atoms in total. The summed E-state index contributed by atoms with van der Waals surface area (Å²) in [6, 6.07) is 7.80. The van der Waals surface area contributed by atoms with Crippen LogP contribution in [0.5, 0.6) is 5.75 Å². The van der Waals surface area contributed by atoms with E-state index < -0.39 is 0 Å². The van der Waals surface area contributed by atoms with E-state index in [0.717, 1.165) is 28.9 Å². The van der Waals surface area contributed by atoms with Gasteiger partial charge in [0, 0.05) is 37.8 Å². The molecule has 0 atom stereocenters. The molecular weight excluding hydrogens is 292 g/mol. The highest BCUT2D eigenvalue weighted by Crippen LogP contribution is 2.25. The van der Waals surface area contributed by atoms with Gasteiger partial charge in [0.15, 0.2) is 0 Å². The summed E-state index contributed by atoms with van der Waals surface area (Å²) in [5.74, 6) is 0.842. The second kappa shape index (κ2) is 5.15. The number of aryl methyl sites for hydroxylation is 1. The van der Waals surface area contributed by atoms with E-state index in [-0.39, 0.29) is 5.91 Å². The molecule has 0 unspecified atom stereocenters. The van der Waals surface area contributed by atoms with Crippen molar-refractivity contribution in [2.45, 2.75) is 13.1 Å². The Hall–Kier alpha value is -2.76. The topological polar surface area (TPSA) is 52.3 Å². The first-order valence-corrected chi connectivity index (χ1v) is 7.59. The smallest absolute Gasteiger partial charge is 0.270 e. The van der Waals surface area contributed by atoms with Gasteiger partial charge in [-0.05, 0) is 18.2 Å². The molecule has 1 aliphatic heterocycles. The van der Waals surface area contributed by atoms with Gasteiger partial charge in [0.1, 0.15) is 11.4 Å². The van der Waals surface area contributed by atoms with Gasteiger partial charge in [-0.3, -0.25) is 4.79 Å². The molecule has 2 aromatic heterocycles. The monoisotopic (exact) mass is 310 g/mol. The van der Waals surface area contributed by atoms with Gasteiger partial charge in [0.25, 0.3) is 5.91 Å². The molecule has 0 spiro atoms. The van der Waals surface area contributed by atoms with Crippen LogP contribution in [-0.4, -0.2) is 38.6 Å². The Labute approximate surface area is 133 Å². The number of hydrogen-bond acceptors (Lipinski definition) is 3. The van der Waals surface area contributed by atoms with E-state index in [2.05, 4.69) is 9.55 Å². The second-order valence-corrected chi connectivity index (χ2v) is 5.82. The summed E-state index contributed by atoms with van der Waals surface area (Å²) in [5, 5.41) is 1.04. The highest BCUT2D eigenvalue weighted by atomic mass is 16.5. The van der Waals surface area contributed by atoms with Crippen LogP contribution in [-0.2, 0) is 20.1 Å². The summed E-state index contributed by atoms with van der Waals surface area (Å²) in [6.07, 6.45) is 3.64. The summed E-state index contributed by atoms with van der Waals surface area (Å²) in [4.78, 5) is 18.9. The molecular formula is C17H18N4O2. The summed E-state index contributed by atoms with van der Waals surface area (Å²) < 4.78 is 9.31. The first-order chi connectivity index (χ1) is 11.2. The SMILES string of the molecule is COc1ccc2cc(C(=O)N3CCn4cncc4C3)n(C)c2c1. The van der Waals surface area contributed by atoms with Crippen molar-refractivity contribution in [2.24, 2.45) is 7.05 Å². The van der Waals surface area contributed by atoms with Crippen LogP contribution in [0.4, 0.5) is 0 Å².